The van der Waals surface area contributed by atoms with Crippen LogP contribution in [0.1, 0.15) is 29.8 Å². The normalized spacial score (nSPS) is 11.7. The van der Waals surface area contributed by atoms with Crippen LogP contribution in [0.25, 0.3) is 0 Å². The van der Waals surface area contributed by atoms with E-state index in [1.54, 1.807) is 13.8 Å². The minimum atomic E-state index is -3.96. The Morgan fingerprint density at radius 3 is 2.33 bits per heavy atom. The zero-order valence-corrected chi connectivity index (χ0v) is 12.4. The van der Waals surface area contributed by atoms with Crippen LogP contribution in [0.15, 0.2) is 17.0 Å². The van der Waals surface area contributed by atoms with Crippen LogP contribution >= 0.6 is 22.3 Å². The van der Waals surface area contributed by atoms with Crippen LogP contribution in [-0.4, -0.2) is 20.5 Å². The van der Waals surface area contributed by atoms with Gasteiger partial charge in [-0.1, -0.05) is 11.6 Å². The summed E-state index contributed by atoms with van der Waals surface area (Å²) in [5.74, 6) is -0.645. The summed E-state index contributed by atoms with van der Waals surface area (Å²) in [5.41, 5.74) is 0.353. The number of benzene rings is 1. The van der Waals surface area contributed by atoms with Gasteiger partial charge in [0.15, 0.2) is 0 Å². The van der Waals surface area contributed by atoms with Gasteiger partial charge >= 0.3 is 5.97 Å². The van der Waals surface area contributed by atoms with E-state index in [2.05, 4.69) is 0 Å². The van der Waals surface area contributed by atoms with E-state index < -0.39 is 15.0 Å². The van der Waals surface area contributed by atoms with Crippen molar-refractivity contribution in [2.45, 2.75) is 31.8 Å². The summed E-state index contributed by atoms with van der Waals surface area (Å²) in [6, 6.07) is 2.52. The van der Waals surface area contributed by atoms with Gasteiger partial charge in [0.1, 0.15) is 0 Å². The Morgan fingerprint density at radius 1 is 1.33 bits per heavy atom. The Hall–Kier alpha value is -0.780. The molecule has 0 aliphatic heterocycles. The van der Waals surface area contributed by atoms with Gasteiger partial charge in [-0.2, -0.15) is 0 Å². The van der Waals surface area contributed by atoms with E-state index in [1.165, 1.54) is 13.0 Å². The average Bonchev–Trinajstić information content (AvgIpc) is 2.18. The fraction of sp³-hybridized carbons (Fsp3) is 0.364. The summed E-state index contributed by atoms with van der Waals surface area (Å²) < 4.78 is 27.7. The van der Waals surface area contributed by atoms with Crippen molar-refractivity contribution < 1.29 is 17.9 Å². The zero-order chi connectivity index (χ0) is 14.1. The molecule has 0 aromatic heterocycles. The molecule has 0 aliphatic carbocycles. The highest BCUT2D eigenvalue weighted by molar-refractivity contribution is 8.13. The number of hydrogen-bond acceptors (Lipinski definition) is 4. The molecular weight excluding hydrogens is 299 g/mol. The standard InChI is InChI=1S/C11H12Cl2O4S/c1-6(2)17-11(14)8-4-9(12)7(3)10(5-8)18(13,15)16/h4-6H,1-3H3. The Morgan fingerprint density at radius 2 is 1.89 bits per heavy atom. The van der Waals surface area contributed by atoms with Gasteiger partial charge in [-0.3, -0.25) is 0 Å². The lowest BCUT2D eigenvalue weighted by Gasteiger charge is -2.10. The van der Waals surface area contributed by atoms with E-state index in [0.717, 1.165) is 6.07 Å². The Labute approximate surface area is 115 Å². The molecule has 0 radical (unpaired) electrons. The van der Waals surface area contributed by atoms with Crippen molar-refractivity contribution in [3.63, 3.8) is 0 Å². The third-order valence-corrected chi connectivity index (χ3v) is 3.98. The largest absolute Gasteiger partial charge is 0.459 e. The van der Waals surface area contributed by atoms with Crippen molar-refractivity contribution in [2.24, 2.45) is 0 Å². The monoisotopic (exact) mass is 310 g/mol. The Balaban J connectivity index is 3.34. The van der Waals surface area contributed by atoms with Crippen LogP contribution in [0.3, 0.4) is 0 Å². The highest BCUT2D eigenvalue weighted by Crippen LogP contribution is 2.28. The molecule has 0 spiro atoms. The minimum absolute atomic E-state index is 0.0542. The number of hydrogen-bond donors (Lipinski definition) is 0. The fourth-order valence-electron chi connectivity index (χ4n) is 1.31. The van der Waals surface area contributed by atoms with Gasteiger partial charge in [-0.05, 0) is 38.5 Å². The highest BCUT2D eigenvalue weighted by Gasteiger charge is 2.20. The maximum atomic E-state index is 11.7. The van der Waals surface area contributed by atoms with E-state index in [0.29, 0.717) is 5.56 Å². The summed E-state index contributed by atoms with van der Waals surface area (Å²) in [6.45, 7) is 4.88. The van der Waals surface area contributed by atoms with Gasteiger partial charge in [0.25, 0.3) is 9.05 Å². The topological polar surface area (TPSA) is 60.4 Å². The second kappa shape index (κ2) is 5.47. The first kappa shape index (κ1) is 15.3. The Kier molecular flexibility index (Phi) is 4.64. The van der Waals surface area contributed by atoms with Gasteiger partial charge in [0, 0.05) is 15.7 Å². The molecule has 1 aromatic carbocycles. The highest BCUT2D eigenvalue weighted by atomic mass is 35.7. The number of carbonyl (C=O) groups is 1. The first-order valence-electron chi connectivity index (χ1n) is 5.08. The van der Waals surface area contributed by atoms with E-state index in [4.69, 9.17) is 27.0 Å². The number of ether oxygens (including phenoxy) is 1. The maximum Gasteiger partial charge on any atom is 0.338 e. The number of esters is 1. The van der Waals surface area contributed by atoms with E-state index in [1.807, 2.05) is 0 Å². The van der Waals surface area contributed by atoms with Crippen LogP contribution in [-0.2, 0) is 13.8 Å². The number of carbonyl (C=O) groups excluding carboxylic acids is 1. The molecule has 0 saturated heterocycles. The molecule has 7 heteroatoms. The first-order chi connectivity index (χ1) is 8.12. The maximum absolute atomic E-state index is 11.7. The summed E-state index contributed by atoms with van der Waals surface area (Å²) in [7, 11) is 1.32. The van der Waals surface area contributed by atoms with Crippen molar-refractivity contribution >= 4 is 37.3 Å². The fourth-order valence-corrected chi connectivity index (χ4v) is 2.81. The predicted octanol–water partition coefficient (Wildman–Crippen LogP) is 3.14. The summed E-state index contributed by atoms with van der Waals surface area (Å²) in [5, 5.41) is 0.146. The molecule has 0 saturated carbocycles. The number of halogens is 2. The van der Waals surface area contributed by atoms with Gasteiger partial charge < -0.3 is 4.74 Å². The minimum Gasteiger partial charge on any atom is -0.459 e. The van der Waals surface area contributed by atoms with Crippen molar-refractivity contribution in [2.75, 3.05) is 0 Å². The van der Waals surface area contributed by atoms with E-state index in [-0.39, 0.29) is 21.6 Å². The third-order valence-electron chi connectivity index (χ3n) is 2.14. The quantitative estimate of drug-likeness (QED) is 0.635. The van der Waals surface area contributed by atoms with Crippen molar-refractivity contribution in [3.8, 4) is 0 Å². The molecule has 0 heterocycles. The lowest BCUT2D eigenvalue weighted by Crippen LogP contribution is -2.12. The van der Waals surface area contributed by atoms with Gasteiger partial charge in [0.2, 0.25) is 0 Å². The molecule has 0 N–H and O–H groups in total. The summed E-state index contributed by atoms with van der Waals surface area (Å²) in [6.07, 6.45) is -0.311. The van der Waals surface area contributed by atoms with E-state index in [9.17, 15) is 13.2 Å². The molecule has 0 bridgehead atoms. The SMILES string of the molecule is Cc1c(Cl)cc(C(=O)OC(C)C)cc1S(=O)(=O)Cl. The molecule has 0 amide bonds. The molecular formula is C11H12Cl2O4S. The Bertz CT molecular complexity index is 579. The predicted molar refractivity (Wildman–Crippen MR) is 69.8 cm³/mol. The zero-order valence-electron chi connectivity index (χ0n) is 10.0. The lowest BCUT2D eigenvalue weighted by molar-refractivity contribution is 0.0377. The van der Waals surface area contributed by atoms with Crippen molar-refractivity contribution in [1.29, 1.82) is 0 Å². The molecule has 0 aliphatic rings. The molecule has 100 valence electrons. The summed E-state index contributed by atoms with van der Waals surface area (Å²) in [4.78, 5) is 11.5. The van der Waals surface area contributed by atoms with Crippen molar-refractivity contribution in [1.82, 2.24) is 0 Å². The molecule has 1 rings (SSSR count). The van der Waals surface area contributed by atoms with E-state index >= 15 is 0 Å². The third kappa shape index (κ3) is 3.60. The van der Waals surface area contributed by atoms with Crippen LogP contribution in [0, 0.1) is 6.92 Å². The second-order valence-corrected chi connectivity index (χ2v) is 6.91. The average molecular weight is 311 g/mol. The molecule has 4 nitrogen and oxygen atoms in total. The molecule has 1 aromatic rings. The first-order valence-corrected chi connectivity index (χ1v) is 7.77. The van der Waals surface area contributed by atoms with Crippen LogP contribution < -0.4 is 0 Å². The van der Waals surface area contributed by atoms with Gasteiger partial charge in [-0.15, -0.1) is 0 Å². The smallest absolute Gasteiger partial charge is 0.338 e. The summed E-state index contributed by atoms with van der Waals surface area (Å²) >= 11 is 5.87. The molecule has 0 unspecified atom stereocenters. The molecule has 18 heavy (non-hydrogen) atoms. The van der Waals surface area contributed by atoms with Gasteiger partial charge in [-0.25, -0.2) is 13.2 Å². The molecule has 0 atom stereocenters. The van der Waals surface area contributed by atoms with Crippen LogP contribution in [0.2, 0.25) is 5.02 Å². The molecule has 0 fully saturated rings. The lowest BCUT2D eigenvalue weighted by atomic mass is 10.1. The number of rotatable bonds is 3. The van der Waals surface area contributed by atoms with Crippen LogP contribution in [0.5, 0.6) is 0 Å². The van der Waals surface area contributed by atoms with Crippen molar-refractivity contribution in [3.05, 3.63) is 28.3 Å². The second-order valence-electron chi connectivity index (χ2n) is 3.97. The van der Waals surface area contributed by atoms with Gasteiger partial charge in [0.05, 0.1) is 16.6 Å². The van der Waals surface area contributed by atoms with Crippen LogP contribution in [0.4, 0.5) is 0 Å².